The molecule has 1 aromatic carbocycles. The second-order valence-corrected chi connectivity index (χ2v) is 5.30. The van der Waals surface area contributed by atoms with Gasteiger partial charge >= 0.3 is 6.18 Å². The van der Waals surface area contributed by atoms with E-state index in [4.69, 9.17) is 5.26 Å². The van der Waals surface area contributed by atoms with Crippen molar-refractivity contribution in [1.29, 1.82) is 5.26 Å². The zero-order valence-corrected chi connectivity index (χ0v) is 12.4. The third-order valence-corrected chi connectivity index (χ3v) is 3.78. The highest BCUT2D eigenvalue weighted by Crippen LogP contribution is 2.52. The number of Topliss-reactive ketones (excluding diaryl/α,β-unsaturated/α-hetero) is 1. The van der Waals surface area contributed by atoms with E-state index in [1.165, 1.54) is 37.3 Å². The van der Waals surface area contributed by atoms with Gasteiger partial charge in [0.15, 0.2) is 11.6 Å². The Labute approximate surface area is 130 Å². The summed E-state index contributed by atoms with van der Waals surface area (Å²) < 4.78 is 41.2. The summed E-state index contributed by atoms with van der Waals surface area (Å²) in [6, 6.07) is 7.16. The molecule has 3 nitrogen and oxygen atoms in total. The lowest BCUT2D eigenvalue weighted by Crippen LogP contribution is -2.51. The monoisotopic (exact) mass is 319 g/mol. The molecule has 118 valence electrons. The first kappa shape index (κ1) is 16.7. The highest BCUT2D eigenvalue weighted by atomic mass is 19.4. The molecule has 0 saturated carbocycles. The number of nitrogens with zero attached hydrogens (tertiary/aromatic N) is 1. The van der Waals surface area contributed by atoms with E-state index in [1.807, 2.05) is 6.07 Å². The van der Waals surface area contributed by atoms with E-state index in [0.29, 0.717) is 5.57 Å². The minimum atomic E-state index is -5.06. The van der Waals surface area contributed by atoms with E-state index in [9.17, 15) is 22.8 Å². The van der Waals surface area contributed by atoms with Crippen LogP contribution >= 0.6 is 0 Å². The van der Waals surface area contributed by atoms with Crippen molar-refractivity contribution in [3.8, 4) is 6.07 Å². The Morgan fingerprint density at radius 3 is 2.17 bits per heavy atom. The van der Waals surface area contributed by atoms with Crippen LogP contribution in [0.4, 0.5) is 13.2 Å². The summed E-state index contributed by atoms with van der Waals surface area (Å²) in [5, 5.41) is 8.78. The third-order valence-electron chi connectivity index (χ3n) is 3.78. The molecule has 1 aliphatic carbocycles. The smallest absolute Gasteiger partial charge is 0.298 e. The molecule has 0 aromatic heterocycles. The number of allylic oxidation sites excluding steroid dienone is 4. The van der Waals surface area contributed by atoms with Crippen LogP contribution in [0, 0.1) is 16.7 Å². The standard InChI is InChI=1S/C17H12F3NO2/c1-10-7-14(13-5-3-12(9-21)4-6-13)16(11(2)22,15(23)8-10)17(18,19)20/h3-8H,1-2H3. The molecule has 0 N–H and O–H groups in total. The summed E-state index contributed by atoms with van der Waals surface area (Å²) in [4.78, 5) is 24.1. The van der Waals surface area contributed by atoms with Gasteiger partial charge in [0, 0.05) is 0 Å². The van der Waals surface area contributed by atoms with Crippen LogP contribution < -0.4 is 0 Å². The normalized spacial score (nSPS) is 21.3. The van der Waals surface area contributed by atoms with Crippen molar-refractivity contribution in [2.24, 2.45) is 5.41 Å². The maximum atomic E-state index is 13.7. The largest absolute Gasteiger partial charge is 0.412 e. The second kappa shape index (κ2) is 5.51. The van der Waals surface area contributed by atoms with Crippen LogP contribution in [0.2, 0.25) is 0 Å². The summed E-state index contributed by atoms with van der Waals surface area (Å²) in [5.74, 6) is -2.58. The molecule has 0 amide bonds. The van der Waals surface area contributed by atoms with E-state index >= 15 is 0 Å². The number of ketones is 2. The molecule has 2 rings (SSSR count). The van der Waals surface area contributed by atoms with Gasteiger partial charge in [-0.25, -0.2) is 0 Å². The zero-order chi connectivity index (χ0) is 17.4. The van der Waals surface area contributed by atoms with Gasteiger partial charge in [0.25, 0.3) is 0 Å². The van der Waals surface area contributed by atoms with E-state index in [0.717, 1.165) is 13.0 Å². The molecule has 1 aliphatic rings. The van der Waals surface area contributed by atoms with Crippen molar-refractivity contribution < 1.29 is 22.8 Å². The van der Waals surface area contributed by atoms with Gasteiger partial charge in [-0.1, -0.05) is 18.2 Å². The molecule has 0 radical (unpaired) electrons. The number of benzene rings is 1. The molecule has 0 fully saturated rings. The minimum Gasteiger partial charge on any atom is -0.298 e. The molecule has 23 heavy (non-hydrogen) atoms. The molecule has 0 spiro atoms. The van der Waals surface area contributed by atoms with Crippen molar-refractivity contribution in [1.82, 2.24) is 0 Å². The van der Waals surface area contributed by atoms with Gasteiger partial charge < -0.3 is 0 Å². The van der Waals surface area contributed by atoms with E-state index in [1.54, 1.807) is 0 Å². The Kier molecular flexibility index (Phi) is 3.99. The zero-order valence-electron chi connectivity index (χ0n) is 12.4. The van der Waals surface area contributed by atoms with Gasteiger partial charge in [0.1, 0.15) is 0 Å². The molecule has 0 aliphatic heterocycles. The molecule has 1 atom stereocenters. The Balaban J connectivity index is 2.78. The number of carbonyl (C=O) groups excluding carboxylic acids is 2. The van der Waals surface area contributed by atoms with E-state index in [-0.39, 0.29) is 11.1 Å². The second-order valence-electron chi connectivity index (χ2n) is 5.30. The van der Waals surface area contributed by atoms with Crippen molar-refractivity contribution in [2.75, 3.05) is 0 Å². The summed E-state index contributed by atoms with van der Waals surface area (Å²) in [5.41, 5.74) is -2.94. The van der Waals surface area contributed by atoms with Crippen LogP contribution in [0.25, 0.3) is 5.57 Å². The number of alkyl halides is 3. The fourth-order valence-electron chi connectivity index (χ4n) is 2.70. The average molecular weight is 319 g/mol. The van der Waals surface area contributed by atoms with Crippen molar-refractivity contribution in [3.05, 3.63) is 53.1 Å². The van der Waals surface area contributed by atoms with Gasteiger partial charge in [0.05, 0.1) is 11.6 Å². The van der Waals surface area contributed by atoms with Crippen molar-refractivity contribution in [2.45, 2.75) is 20.0 Å². The van der Waals surface area contributed by atoms with Crippen LogP contribution in [0.1, 0.15) is 25.0 Å². The summed E-state index contributed by atoms with van der Waals surface area (Å²) >= 11 is 0. The molecule has 6 heteroatoms. The van der Waals surface area contributed by atoms with E-state index < -0.39 is 28.7 Å². The fraction of sp³-hybridized carbons (Fsp3) is 0.235. The van der Waals surface area contributed by atoms with Crippen LogP contribution in [-0.4, -0.2) is 17.7 Å². The van der Waals surface area contributed by atoms with Gasteiger partial charge in [-0.15, -0.1) is 0 Å². The Bertz CT molecular complexity index is 780. The predicted octanol–water partition coefficient (Wildman–Crippen LogP) is 3.61. The molecule has 0 heterocycles. The first-order valence-electron chi connectivity index (χ1n) is 6.67. The fourth-order valence-corrected chi connectivity index (χ4v) is 2.70. The Morgan fingerprint density at radius 1 is 1.17 bits per heavy atom. The first-order valence-corrected chi connectivity index (χ1v) is 6.67. The Hall–Kier alpha value is -2.68. The summed E-state index contributed by atoms with van der Waals surface area (Å²) in [6.45, 7) is 2.25. The van der Waals surface area contributed by atoms with Gasteiger partial charge in [-0.2, -0.15) is 18.4 Å². The highest BCUT2D eigenvalue weighted by molar-refractivity contribution is 6.22. The molecular formula is C17H12F3NO2. The quantitative estimate of drug-likeness (QED) is 0.783. The maximum Gasteiger partial charge on any atom is 0.412 e. The van der Waals surface area contributed by atoms with Crippen LogP contribution in [-0.2, 0) is 9.59 Å². The number of nitriles is 1. The molecule has 1 aromatic rings. The lowest BCUT2D eigenvalue weighted by Gasteiger charge is -2.36. The van der Waals surface area contributed by atoms with Crippen LogP contribution in [0.5, 0.6) is 0 Å². The number of hydrogen-bond acceptors (Lipinski definition) is 3. The molecular weight excluding hydrogens is 307 g/mol. The van der Waals surface area contributed by atoms with Crippen LogP contribution in [0.3, 0.4) is 0 Å². The number of rotatable bonds is 2. The van der Waals surface area contributed by atoms with Crippen molar-refractivity contribution in [3.63, 3.8) is 0 Å². The topological polar surface area (TPSA) is 57.9 Å². The molecule has 0 bridgehead atoms. The predicted molar refractivity (Wildman–Crippen MR) is 77.1 cm³/mol. The summed E-state index contributed by atoms with van der Waals surface area (Å²) in [7, 11) is 0. The lowest BCUT2D eigenvalue weighted by atomic mass is 9.67. The lowest BCUT2D eigenvalue weighted by molar-refractivity contribution is -0.199. The SMILES string of the molecule is CC(=O)C1(C(F)(F)F)C(=O)C=C(C)C=C1c1ccc(C#N)cc1. The van der Waals surface area contributed by atoms with Gasteiger partial charge in [-0.3, -0.25) is 9.59 Å². The maximum absolute atomic E-state index is 13.7. The highest BCUT2D eigenvalue weighted by Gasteiger charge is 2.65. The molecule has 1 unspecified atom stereocenters. The number of carbonyl (C=O) groups is 2. The van der Waals surface area contributed by atoms with Crippen molar-refractivity contribution >= 4 is 17.1 Å². The molecule has 0 saturated heterocycles. The number of halogens is 3. The van der Waals surface area contributed by atoms with Gasteiger partial charge in [0.2, 0.25) is 5.41 Å². The van der Waals surface area contributed by atoms with E-state index in [2.05, 4.69) is 0 Å². The average Bonchev–Trinajstić information content (AvgIpc) is 2.44. The van der Waals surface area contributed by atoms with Gasteiger partial charge in [-0.05, 0) is 48.8 Å². The Morgan fingerprint density at radius 2 is 1.74 bits per heavy atom. The first-order chi connectivity index (χ1) is 10.6. The number of hydrogen-bond donors (Lipinski definition) is 0. The summed E-state index contributed by atoms with van der Waals surface area (Å²) in [6.07, 6.45) is -3.04. The third kappa shape index (κ3) is 2.48. The van der Waals surface area contributed by atoms with Crippen LogP contribution in [0.15, 0.2) is 42.0 Å². The minimum absolute atomic E-state index is 0.0809.